The number of nitrogens with zero attached hydrogens (tertiary/aromatic N) is 4. The van der Waals surface area contributed by atoms with Crippen LogP contribution in [-0.4, -0.2) is 18.9 Å². The first-order valence-corrected chi connectivity index (χ1v) is 4.76. The van der Waals surface area contributed by atoms with Gasteiger partial charge in [0.25, 0.3) is 0 Å². The smallest absolute Gasteiger partial charge is 0.138 e. The molecule has 3 heterocycles. The monoisotopic (exact) mass is 198 g/mol. The fourth-order valence-electron chi connectivity index (χ4n) is 1.68. The van der Waals surface area contributed by atoms with Gasteiger partial charge in [-0.15, -0.1) is 0 Å². The van der Waals surface area contributed by atoms with Crippen molar-refractivity contribution in [2.45, 2.75) is 6.92 Å². The van der Waals surface area contributed by atoms with Gasteiger partial charge in [0, 0.05) is 36.5 Å². The van der Waals surface area contributed by atoms with E-state index in [2.05, 4.69) is 9.97 Å². The maximum absolute atomic E-state index is 4.25. The Morgan fingerprint density at radius 3 is 3.00 bits per heavy atom. The van der Waals surface area contributed by atoms with Crippen LogP contribution in [-0.2, 0) is 0 Å². The second-order valence-electron chi connectivity index (χ2n) is 3.48. The standard InChI is InChI=1S/C11H10N4/c1-9-7-12-8-15(9)10-2-4-14-5-3-13-11(14)6-10/h2-8H,1H3. The van der Waals surface area contributed by atoms with Crippen molar-refractivity contribution in [1.82, 2.24) is 18.9 Å². The van der Waals surface area contributed by atoms with Crippen LogP contribution in [0.4, 0.5) is 0 Å². The molecule has 4 heteroatoms. The maximum atomic E-state index is 4.25. The summed E-state index contributed by atoms with van der Waals surface area (Å²) in [7, 11) is 0. The number of fused-ring (bicyclic) bond motifs is 1. The number of hydrogen-bond donors (Lipinski definition) is 0. The highest BCUT2D eigenvalue weighted by molar-refractivity contribution is 5.48. The van der Waals surface area contributed by atoms with Gasteiger partial charge in [0.2, 0.25) is 0 Å². The summed E-state index contributed by atoms with van der Waals surface area (Å²) in [5, 5.41) is 0. The van der Waals surface area contributed by atoms with Gasteiger partial charge in [-0.05, 0) is 13.0 Å². The fraction of sp³-hybridized carbons (Fsp3) is 0.0909. The van der Waals surface area contributed by atoms with Crippen LogP contribution in [0.25, 0.3) is 11.3 Å². The van der Waals surface area contributed by atoms with Gasteiger partial charge in [0.15, 0.2) is 0 Å². The molecular formula is C11H10N4. The molecule has 0 atom stereocenters. The summed E-state index contributed by atoms with van der Waals surface area (Å²) in [6, 6.07) is 4.08. The number of pyridine rings is 1. The summed E-state index contributed by atoms with van der Waals surface area (Å²) in [5.74, 6) is 0. The van der Waals surface area contributed by atoms with Gasteiger partial charge >= 0.3 is 0 Å². The van der Waals surface area contributed by atoms with Gasteiger partial charge < -0.3 is 8.97 Å². The molecule has 4 nitrogen and oxygen atoms in total. The first-order valence-electron chi connectivity index (χ1n) is 4.76. The minimum atomic E-state index is 0.945. The summed E-state index contributed by atoms with van der Waals surface area (Å²) in [6.45, 7) is 2.03. The van der Waals surface area contributed by atoms with E-state index in [9.17, 15) is 0 Å². The van der Waals surface area contributed by atoms with Gasteiger partial charge in [-0.2, -0.15) is 0 Å². The van der Waals surface area contributed by atoms with Crippen molar-refractivity contribution < 1.29 is 0 Å². The first-order chi connectivity index (χ1) is 7.34. The summed E-state index contributed by atoms with van der Waals surface area (Å²) in [5.41, 5.74) is 3.15. The number of hydrogen-bond acceptors (Lipinski definition) is 2. The molecule has 0 bridgehead atoms. The van der Waals surface area contributed by atoms with E-state index >= 15 is 0 Å². The van der Waals surface area contributed by atoms with Crippen molar-refractivity contribution in [1.29, 1.82) is 0 Å². The van der Waals surface area contributed by atoms with Gasteiger partial charge in [-0.1, -0.05) is 0 Å². The quantitative estimate of drug-likeness (QED) is 0.598. The zero-order valence-electron chi connectivity index (χ0n) is 8.33. The second-order valence-corrected chi connectivity index (χ2v) is 3.48. The van der Waals surface area contributed by atoms with Crippen molar-refractivity contribution in [3.63, 3.8) is 0 Å². The van der Waals surface area contributed by atoms with Gasteiger partial charge in [0.05, 0.1) is 12.0 Å². The average molecular weight is 198 g/mol. The van der Waals surface area contributed by atoms with Crippen LogP contribution in [0.2, 0.25) is 0 Å². The maximum Gasteiger partial charge on any atom is 0.138 e. The molecule has 0 aromatic carbocycles. The highest BCUT2D eigenvalue weighted by atomic mass is 15.1. The van der Waals surface area contributed by atoms with Gasteiger partial charge in [-0.3, -0.25) is 0 Å². The molecule has 0 saturated heterocycles. The fourth-order valence-corrected chi connectivity index (χ4v) is 1.68. The van der Waals surface area contributed by atoms with Crippen molar-refractivity contribution in [3.05, 3.63) is 48.9 Å². The van der Waals surface area contributed by atoms with Crippen molar-refractivity contribution in [2.75, 3.05) is 0 Å². The lowest BCUT2D eigenvalue weighted by atomic mass is 10.3. The molecule has 3 rings (SSSR count). The number of imidazole rings is 2. The third-order valence-electron chi connectivity index (χ3n) is 2.48. The minimum absolute atomic E-state index is 0.945. The lowest BCUT2D eigenvalue weighted by Gasteiger charge is -2.04. The highest BCUT2D eigenvalue weighted by Crippen LogP contribution is 2.12. The lowest BCUT2D eigenvalue weighted by molar-refractivity contribution is 0.995. The zero-order chi connectivity index (χ0) is 10.3. The largest absolute Gasteiger partial charge is 0.307 e. The van der Waals surface area contributed by atoms with E-state index in [4.69, 9.17) is 0 Å². The normalized spacial score (nSPS) is 11.0. The summed E-state index contributed by atoms with van der Waals surface area (Å²) in [4.78, 5) is 8.35. The topological polar surface area (TPSA) is 35.1 Å². The predicted molar refractivity (Wildman–Crippen MR) is 57.1 cm³/mol. The Labute approximate surface area is 86.8 Å². The molecule has 0 saturated carbocycles. The molecule has 0 aliphatic carbocycles. The minimum Gasteiger partial charge on any atom is -0.307 e. The van der Waals surface area contributed by atoms with Crippen molar-refractivity contribution in [2.24, 2.45) is 0 Å². The van der Waals surface area contributed by atoms with E-state index < -0.39 is 0 Å². The molecule has 0 aliphatic rings. The van der Waals surface area contributed by atoms with Crippen LogP contribution in [0.3, 0.4) is 0 Å². The lowest BCUT2D eigenvalue weighted by Crippen LogP contribution is -1.95. The number of aryl methyl sites for hydroxylation is 1. The second kappa shape index (κ2) is 2.95. The Bertz CT molecular complexity index is 606. The third kappa shape index (κ3) is 1.22. The molecule has 0 aliphatic heterocycles. The predicted octanol–water partition coefficient (Wildman–Crippen LogP) is 1.83. The molecule has 0 amide bonds. The molecular weight excluding hydrogens is 188 g/mol. The molecule has 0 spiro atoms. The molecule has 0 unspecified atom stereocenters. The zero-order valence-corrected chi connectivity index (χ0v) is 8.33. The van der Waals surface area contributed by atoms with E-state index in [1.807, 2.05) is 52.9 Å². The van der Waals surface area contributed by atoms with E-state index in [1.165, 1.54) is 0 Å². The summed E-state index contributed by atoms with van der Waals surface area (Å²) < 4.78 is 4.02. The highest BCUT2D eigenvalue weighted by Gasteiger charge is 2.01. The van der Waals surface area contributed by atoms with Crippen LogP contribution in [0, 0.1) is 6.92 Å². The molecule has 0 N–H and O–H groups in total. The number of rotatable bonds is 1. The van der Waals surface area contributed by atoms with E-state index in [1.54, 1.807) is 6.20 Å². The Morgan fingerprint density at radius 2 is 2.20 bits per heavy atom. The molecule has 15 heavy (non-hydrogen) atoms. The Balaban J connectivity index is 2.23. The van der Waals surface area contributed by atoms with Crippen LogP contribution in [0.1, 0.15) is 5.69 Å². The SMILES string of the molecule is Cc1cncn1-c1ccn2ccnc2c1. The summed E-state index contributed by atoms with van der Waals surface area (Å²) >= 11 is 0. The Morgan fingerprint density at radius 1 is 1.27 bits per heavy atom. The molecule has 3 aromatic heterocycles. The van der Waals surface area contributed by atoms with E-state index in [0.717, 1.165) is 17.0 Å². The number of aromatic nitrogens is 4. The molecule has 3 aromatic rings. The third-order valence-corrected chi connectivity index (χ3v) is 2.48. The van der Waals surface area contributed by atoms with Gasteiger partial charge in [-0.25, -0.2) is 9.97 Å². The van der Waals surface area contributed by atoms with E-state index in [-0.39, 0.29) is 0 Å². The van der Waals surface area contributed by atoms with Crippen LogP contribution in [0.5, 0.6) is 0 Å². The Kier molecular flexibility index (Phi) is 1.62. The Hall–Kier alpha value is -2.10. The van der Waals surface area contributed by atoms with Crippen LogP contribution >= 0.6 is 0 Å². The molecule has 0 fully saturated rings. The molecule has 0 radical (unpaired) electrons. The summed E-state index contributed by atoms with van der Waals surface area (Å²) in [6.07, 6.45) is 9.37. The van der Waals surface area contributed by atoms with Crippen molar-refractivity contribution >= 4 is 5.65 Å². The van der Waals surface area contributed by atoms with Gasteiger partial charge in [0.1, 0.15) is 5.65 Å². The molecule has 74 valence electrons. The van der Waals surface area contributed by atoms with Crippen LogP contribution < -0.4 is 0 Å². The van der Waals surface area contributed by atoms with Crippen LogP contribution in [0.15, 0.2) is 43.2 Å². The average Bonchev–Trinajstić information content (AvgIpc) is 2.84. The van der Waals surface area contributed by atoms with E-state index in [0.29, 0.717) is 0 Å². The van der Waals surface area contributed by atoms with Crippen molar-refractivity contribution in [3.8, 4) is 5.69 Å². The first kappa shape index (κ1) is 8.23.